The number of hydrogen-bond donors (Lipinski definition) is 2. The first kappa shape index (κ1) is 22.1. The Labute approximate surface area is 215 Å². The summed E-state index contributed by atoms with van der Waals surface area (Å²) in [5.74, 6) is 1.23. The van der Waals surface area contributed by atoms with E-state index >= 15 is 0 Å². The number of piperidine rings is 1. The van der Waals surface area contributed by atoms with Gasteiger partial charge in [-0.05, 0) is 74.8 Å². The number of likely N-dealkylation sites (tertiary alicyclic amines) is 1. The molecule has 2 aliphatic heterocycles. The van der Waals surface area contributed by atoms with Crippen molar-refractivity contribution in [1.82, 2.24) is 20.0 Å². The molecule has 3 fully saturated rings. The normalized spacial score (nSPS) is 36.5. The van der Waals surface area contributed by atoms with Crippen molar-refractivity contribution in [3.63, 3.8) is 0 Å². The number of aliphatic hydroxyl groups is 1. The van der Waals surface area contributed by atoms with Crippen molar-refractivity contribution in [2.24, 2.45) is 11.3 Å². The first-order valence-corrected chi connectivity index (χ1v) is 13.6. The zero-order chi connectivity index (χ0) is 25.2. The third kappa shape index (κ3) is 2.63. The van der Waals surface area contributed by atoms with Crippen LogP contribution in [0.1, 0.15) is 48.9 Å². The van der Waals surface area contributed by atoms with E-state index in [9.17, 15) is 15.0 Å². The SMILES string of the molecule is CN(Cc1cccnn1)C(=O)C1=C[C@@]23CC[C@]1(O)[C@@H]1Oc4c(O)ccc5c4[C@@]12CCN(CC1CC1)[C@@H]3C5. The van der Waals surface area contributed by atoms with Gasteiger partial charge in [0.05, 0.1) is 17.7 Å². The number of rotatable bonds is 5. The smallest absolute Gasteiger partial charge is 0.252 e. The second kappa shape index (κ2) is 7.11. The van der Waals surface area contributed by atoms with Gasteiger partial charge in [0.25, 0.3) is 5.91 Å². The molecule has 1 aromatic heterocycles. The first-order valence-electron chi connectivity index (χ1n) is 13.6. The Hall–Kier alpha value is -2.97. The summed E-state index contributed by atoms with van der Waals surface area (Å²) < 4.78 is 6.60. The molecule has 3 heterocycles. The van der Waals surface area contributed by atoms with Gasteiger partial charge in [0.2, 0.25) is 0 Å². The summed E-state index contributed by atoms with van der Waals surface area (Å²) >= 11 is 0. The largest absolute Gasteiger partial charge is 0.504 e. The maximum Gasteiger partial charge on any atom is 0.252 e. The summed E-state index contributed by atoms with van der Waals surface area (Å²) in [7, 11) is 1.76. The van der Waals surface area contributed by atoms with Crippen LogP contribution in [0.4, 0.5) is 0 Å². The summed E-state index contributed by atoms with van der Waals surface area (Å²) in [5.41, 5.74) is 1.29. The predicted octanol–water partition coefficient (Wildman–Crippen LogP) is 2.33. The second-order valence-corrected chi connectivity index (χ2v) is 12.2. The van der Waals surface area contributed by atoms with Crippen molar-refractivity contribution in [1.29, 1.82) is 0 Å². The van der Waals surface area contributed by atoms with E-state index in [1.54, 1.807) is 24.2 Å². The highest BCUT2D eigenvalue weighted by molar-refractivity contribution is 5.97. The number of aromatic nitrogens is 2. The Balaban J connectivity index is 1.28. The molecule has 1 amide bonds. The number of benzene rings is 1. The van der Waals surface area contributed by atoms with Crippen LogP contribution in [0.2, 0.25) is 0 Å². The van der Waals surface area contributed by atoms with E-state index in [1.807, 2.05) is 12.1 Å². The number of phenolic OH excluding ortho intramolecular Hbond substituents is 1. The van der Waals surface area contributed by atoms with Gasteiger partial charge in [0, 0.05) is 42.4 Å². The van der Waals surface area contributed by atoms with Crippen LogP contribution >= 0.6 is 0 Å². The Morgan fingerprint density at radius 1 is 1.24 bits per heavy atom. The molecule has 5 aliphatic carbocycles. The molecular formula is C29H32N4O4. The highest BCUT2D eigenvalue weighted by atomic mass is 16.5. The predicted molar refractivity (Wildman–Crippen MR) is 134 cm³/mol. The monoisotopic (exact) mass is 500 g/mol. The number of ether oxygens (including phenoxy) is 1. The summed E-state index contributed by atoms with van der Waals surface area (Å²) in [6.45, 7) is 2.37. The van der Waals surface area contributed by atoms with Gasteiger partial charge in [-0.2, -0.15) is 10.2 Å². The molecule has 2 saturated carbocycles. The molecule has 2 N–H and O–H groups in total. The maximum absolute atomic E-state index is 14.0. The minimum atomic E-state index is -1.42. The highest BCUT2D eigenvalue weighted by Gasteiger charge is 2.78. The van der Waals surface area contributed by atoms with E-state index in [4.69, 9.17) is 4.74 Å². The van der Waals surface area contributed by atoms with Crippen LogP contribution in [0.3, 0.4) is 0 Å². The lowest BCUT2D eigenvalue weighted by Gasteiger charge is -2.70. The van der Waals surface area contributed by atoms with Crippen LogP contribution in [0.25, 0.3) is 0 Å². The summed E-state index contributed by atoms with van der Waals surface area (Å²) in [6, 6.07) is 7.70. The zero-order valence-electron chi connectivity index (χ0n) is 21.1. The number of phenols is 1. The summed E-state index contributed by atoms with van der Waals surface area (Å²) in [5, 5.41) is 31.3. The van der Waals surface area contributed by atoms with Gasteiger partial charge < -0.3 is 19.8 Å². The van der Waals surface area contributed by atoms with Crippen molar-refractivity contribution in [3.8, 4) is 11.5 Å². The Morgan fingerprint density at radius 2 is 2.11 bits per heavy atom. The number of hydrogen-bond acceptors (Lipinski definition) is 7. The lowest BCUT2D eigenvalue weighted by Crippen LogP contribution is -2.78. The van der Waals surface area contributed by atoms with Gasteiger partial charge >= 0.3 is 0 Å². The van der Waals surface area contributed by atoms with Crippen LogP contribution < -0.4 is 4.74 Å². The van der Waals surface area contributed by atoms with Gasteiger partial charge in [-0.1, -0.05) is 12.1 Å². The zero-order valence-corrected chi connectivity index (χ0v) is 21.1. The van der Waals surface area contributed by atoms with Crippen LogP contribution in [-0.4, -0.2) is 74.0 Å². The number of fused-ring (bicyclic) bond motifs is 1. The molecule has 9 rings (SSSR count). The van der Waals surface area contributed by atoms with Crippen LogP contribution in [-0.2, 0) is 23.2 Å². The van der Waals surface area contributed by atoms with Gasteiger partial charge in [0.1, 0.15) is 11.7 Å². The number of nitrogens with zero attached hydrogens (tertiary/aromatic N) is 4. The van der Waals surface area contributed by atoms with Crippen molar-refractivity contribution < 1.29 is 19.7 Å². The van der Waals surface area contributed by atoms with E-state index in [-0.39, 0.29) is 23.1 Å². The Morgan fingerprint density at radius 3 is 2.89 bits per heavy atom. The molecule has 0 unspecified atom stereocenters. The van der Waals surface area contributed by atoms with Gasteiger partial charge in [-0.15, -0.1) is 0 Å². The number of carbonyl (C=O) groups is 1. The number of likely N-dealkylation sites (N-methyl/N-ethyl adjacent to an activating group) is 1. The van der Waals surface area contributed by atoms with Crippen molar-refractivity contribution in [2.75, 3.05) is 20.1 Å². The van der Waals surface area contributed by atoms with Crippen molar-refractivity contribution >= 4 is 5.91 Å². The molecule has 0 radical (unpaired) electrons. The molecule has 37 heavy (non-hydrogen) atoms. The first-order chi connectivity index (χ1) is 17.9. The minimum absolute atomic E-state index is 0.132. The fourth-order valence-corrected chi connectivity index (χ4v) is 8.74. The van der Waals surface area contributed by atoms with E-state index in [2.05, 4.69) is 27.2 Å². The topological polar surface area (TPSA) is 99.0 Å². The molecule has 2 aromatic rings. The average Bonchev–Trinajstić information content (AvgIpc) is 3.64. The molecule has 7 aliphatic rings. The van der Waals surface area contributed by atoms with E-state index < -0.39 is 17.1 Å². The minimum Gasteiger partial charge on any atom is -0.504 e. The third-order valence-electron chi connectivity index (χ3n) is 10.4. The van der Waals surface area contributed by atoms with Gasteiger partial charge in [-0.25, -0.2) is 0 Å². The van der Waals surface area contributed by atoms with E-state index in [1.165, 1.54) is 18.4 Å². The Kier molecular flexibility index (Phi) is 4.24. The highest BCUT2D eigenvalue weighted by Crippen LogP contribution is 2.74. The van der Waals surface area contributed by atoms with Crippen LogP contribution in [0.15, 0.2) is 42.1 Å². The lowest BCUT2D eigenvalue weighted by atomic mass is 9.38. The molecule has 1 saturated heterocycles. The molecule has 8 heteroatoms. The molecule has 4 bridgehead atoms. The fraction of sp³-hybridized carbons (Fsp3) is 0.552. The third-order valence-corrected chi connectivity index (χ3v) is 10.4. The second-order valence-electron chi connectivity index (χ2n) is 12.2. The standard InChI is InChI=1S/C29H32N4O4/c1-32(16-19-3-2-11-30-31-19)25(35)20-14-27-8-9-29(20,36)26-28(27)10-12-33(15-17-4-5-17)22(27)13-18-6-7-21(34)24(37-26)23(18)28/h2-3,6-7,11,14,17,22,26,34,36H,4-5,8-10,12-13,15-16H2,1H3/t22-,26-,27-,28+,29-/m1/s1. The van der Waals surface area contributed by atoms with E-state index in [0.29, 0.717) is 30.0 Å². The van der Waals surface area contributed by atoms with E-state index in [0.717, 1.165) is 43.8 Å². The maximum atomic E-state index is 14.0. The van der Waals surface area contributed by atoms with Gasteiger partial charge in [-0.3, -0.25) is 9.69 Å². The number of aromatic hydroxyl groups is 1. The fourth-order valence-electron chi connectivity index (χ4n) is 8.74. The molecule has 1 aromatic carbocycles. The lowest BCUT2D eigenvalue weighted by molar-refractivity contribution is -0.188. The average molecular weight is 501 g/mol. The molecular weight excluding hydrogens is 468 g/mol. The summed E-state index contributed by atoms with van der Waals surface area (Å²) in [4.78, 5) is 18.3. The van der Waals surface area contributed by atoms with Crippen molar-refractivity contribution in [2.45, 2.75) is 68.2 Å². The Bertz CT molecular complexity index is 1360. The molecule has 8 nitrogen and oxygen atoms in total. The molecule has 5 atom stereocenters. The quantitative estimate of drug-likeness (QED) is 0.650. The van der Waals surface area contributed by atoms with Crippen LogP contribution in [0.5, 0.6) is 11.5 Å². The molecule has 2 spiro atoms. The molecule has 192 valence electrons. The van der Waals surface area contributed by atoms with Crippen molar-refractivity contribution in [3.05, 3.63) is 58.9 Å². The van der Waals surface area contributed by atoms with Crippen LogP contribution in [0, 0.1) is 11.3 Å². The summed E-state index contributed by atoms with van der Waals surface area (Å²) in [6.07, 6.45) is 8.82. The number of amides is 1. The number of carbonyl (C=O) groups excluding carboxylic acids is 1. The van der Waals surface area contributed by atoms with Gasteiger partial charge in [0.15, 0.2) is 11.5 Å².